The summed E-state index contributed by atoms with van der Waals surface area (Å²) >= 11 is 12.9. The van der Waals surface area contributed by atoms with Gasteiger partial charge in [-0.05, 0) is 120 Å². The molecule has 8 heterocycles. The first-order valence-corrected chi connectivity index (χ1v) is 25.7. The number of pyridine rings is 4. The van der Waals surface area contributed by atoms with Crippen molar-refractivity contribution in [3.63, 3.8) is 0 Å². The first kappa shape index (κ1) is 56.9. The lowest BCUT2D eigenvalue weighted by Crippen LogP contribution is -2.42. The molecule has 8 aromatic rings. The molecular formula is C58H52Cl2F4N8O7. The Bertz CT molecular complexity index is 3520. The number of amides is 1. The van der Waals surface area contributed by atoms with E-state index in [-0.39, 0.29) is 74.7 Å². The lowest BCUT2D eigenvalue weighted by molar-refractivity contribution is -0.115. The fourth-order valence-electron chi connectivity index (χ4n) is 8.33. The number of nitrogens with two attached hydrogens (primary N) is 2. The van der Waals surface area contributed by atoms with Gasteiger partial charge in [-0.3, -0.25) is 24.4 Å². The van der Waals surface area contributed by atoms with Gasteiger partial charge in [-0.1, -0.05) is 23.2 Å². The van der Waals surface area contributed by atoms with E-state index in [4.69, 9.17) is 48.6 Å². The van der Waals surface area contributed by atoms with Crippen molar-refractivity contribution in [2.24, 2.45) is 0 Å². The lowest BCUT2D eigenvalue weighted by Gasteiger charge is -2.31. The molecule has 0 radical (unpaired) electrons. The fourth-order valence-corrected chi connectivity index (χ4v) is 8.86. The number of aryl methyl sites for hydroxylation is 2. The van der Waals surface area contributed by atoms with Gasteiger partial charge in [0.25, 0.3) is 17.8 Å². The van der Waals surface area contributed by atoms with Crippen molar-refractivity contribution in [2.75, 3.05) is 37.6 Å². The summed E-state index contributed by atoms with van der Waals surface area (Å²) in [6.45, 7) is 0.968. The Labute approximate surface area is 460 Å². The molecule has 2 aliphatic rings. The summed E-state index contributed by atoms with van der Waals surface area (Å²) in [6, 6.07) is 24.2. The minimum Gasteiger partial charge on any atom is -0.478 e. The molecule has 0 saturated carbocycles. The van der Waals surface area contributed by atoms with Crippen LogP contribution in [0, 0.1) is 0 Å². The summed E-state index contributed by atoms with van der Waals surface area (Å²) in [7, 11) is 0. The number of carbonyl (C=O) groups is 4. The number of furan rings is 2. The Morgan fingerprint density at radius 2 is 1.06 bits per heavy atom. The molecule has 0 bridgehead atoms. The number of hydrogen-bond donors (Lipinski definition) is 4. The summed E-state index contributed by atoms with van der Waals surface area (Å²) in [5, 5.41) is 14.2. The van der Waals surface area contributed by atoms with E-state index in [1.165, 1.54) is 35.5 Å². The highest BCUT2D eigenvalue weighted by molar-refractivity contribution is 6.35. The zero-order chi connectivity index (χ0) is 56.3. The number of alkyl halides is 4. The van der Waals surface area contributed by atoms with Crippen LogP contribution in [0.15, 0.2) is 131 Å². The van der Waals surface area contributed by atoms with Crippen molar-refractivity contribution in [2.45, 2.75) is 63.2 Å². The van der Waals surface area contributed by atoms with E-state index in [2.05, 4.69) is 25.3 Å². The largest absolute Gasteiger partial charge is 0.478 e. The molecule has 2 saturated heterocycles. The van der Waals surface area contributed by atoms with E-state index in [1.54, 1.807) is 79.1 Å². The van der Waals surface area contributed by atoms with Crippen molar-refractivity contribution in [1.82, 2.24) is 30.2 Å². The molecule has 0 unspecified atom stereocenters. The van der Waals surface area contributed by atoms with Gasteiger partial charge >= 0.3 is 5.97 Å². The van der Waals surface area contributed by atoms with Crippen LogP contribution in [0.1, 0.15) is 81.9 Å². The third kappa shape index (κ3) is 15.9. The number of anilines is 2. The second-order valence-corrected chi connectivity index (χ2v) is 19.5. The summed E-state index contributed by atoms with van der Waals surface area (Å²) < 4.78 is 62.9. The SMILES string of the molecule is FC1(F)CCNCC1.Nc1ccc(/C=C/C(=O)CCc2cc3cc(-c4ccc(C(=O)N5CCC(F)(F)CC5)cn4)cc(Cl)c3o2)cn1.Nc1ccc(/C=C/C(=O)CCc2cc3cc(-c4ccc(C(=O)O)cn4)cc(Cl)c3o2)cn1. The normalized spacial score (nSPS) is 14.9. The molecule has 0 atom stereocenters. The molecule has 408 valence electrons. The molecule has 15 nitrogen and oxygen atoms in total. The Balaban J connectivity index is 0.000000185. The number of allylic oxidation sites excluding steroid dienone is 2. The number of hydrogen-bond acceptors (Lipinski definition) is 13. The molecule has 6 aromatic heterocycles. The first-order valence-electron chi connectivity index (χ1n) is 25.0. The number of rotatable bonds is 14. The van der Waals surface area contributed by atoms with Crippen LogP contribution < -0.4 is 16.8 Å². The molecule has 1 amide bonds. The summed E-state index contributed by atoms with van der Waals surface area (Å²) in [5.41, 5.74) is 16.8. The number of aromatic carboxylic acids is 1. The number of fused-ring (bicyclic) bond motifs is 2. The Kier molecular flexibility index (Phi) is 18.4. The van der Waals surface area contributed by atoms with E-state index < -0.39 is 17.8 Å². The zero-order valence-electron chi connectivity index (χ0n) is 42.2. The number of ketones is 2. The highest BCUT2D eigenvalue weighted by Gasteiger charge is 2.36. The maximum Gasteiger partial charge on any atom is 0.337 e. The van der Waals surface area contributed by atoms with Gasteiger partial charge < -0.3 is 35.6 Å². The lowest BCUT2D eigenvalue weighted by atomic mass is 10.1. The summed E-state index contributed by atoms with van der Waals surface area (Å²) in [5.74, 6) is -4.44. The molecular weight excluding hydrogens is 1070 g/mol. The van der Waals surface area contributed by atoms with Gasteiger partial charge in [-0.15, -0.1) is 0 Å². The molecule has 6 N–H and O–H groups in total. The van der Waals surface area contributed by atoms with Crippen LogP contribution in [0.5, 0.6) is 0 Å². The van der Waals surface area contributed by atoms with Crippen LogP contribution in [0.3, 0.4) is 0 Å². The fraction of sp³-hybridized carbons (Fsp3) is 0.241. The van der Waals surface area contributed by atoms with Crippen molar-refractivity contribution >= 4 is 92.4 Å². The monoisotopic (exact) mass is 1120 g/mol. The number of nitrogens with one attached hydrogen (secondary N) is 1. The van der Waals surface area contributed by atoms with Crippen LogP contribution in [0.2, 0.25) is 10.0 Å². The third-order valence-electron chi connectivity index (χ3n) is 12.8. The van der Waals surface area contributed by atoms with Gasteiger partial charge in [0.2, 0.25) is 0 Å². The highest BCUT2D eigenvalue weighted by Crippen LogP contribution is 2.35. The molecule has 0 spiro atoms. The molecule has 2 aliphatic heterocycles. The number of piperidine rings is 2. The van der Waals surface area contributed by atoms with Crippen molar-refractivity contribution < 1.29 is 50.7 Å². The van der Waals surface area contributed by atoms with Crippen molar-refractivity contribution in [1.29, 1.82) is 0 Å². The van der Waals surface area contributed by atoms with Crippen LogP contribution in [-0.4, -0.2) is 91.4 Å². The maximum atomic E-state index is 13.4. The number of carboxylic acid groups (broad SMARTS) is 1. The Morgan fingerprint density at radius 1 is 0.608 bits per heavy atom. The highest BCUT2D eigenvalue weighted by atomic mass is 35.5. The molecule has 0 aliphatic carbocycles. The number of carboxylic acids is 1. The Hall–Kier alpha value is -8.26. The molecule has 10 rings (SSSR count). The van der Waals surface area contributed by atoms with Crippen molar-refractivity contribution in [3.8, 4) is 22.5 Å². The number of benzene rings is 2. The van der Waals surface area contributed by atoms with E-state index in [9.17, 15) is 36.7 Å². The second-order valence-electron chi connectivity index (χ2n) is 18.7. The molecule has 2 aromatic carbocycles. The van der Waals surface area contributed by atoms with Gasteiger partial charge in [-0.2, -0.15) is 0 Å². The molecule has 21 heteroatoms. The van der Waals surface area contributed by atoms with Crippen LogP contribution >= 0.6 is 23.2 Å². The zero-order valence-corrected chi connectivity index (χ0v) is 43.8. The van der Waals surface area contributed by atoms with Gasteiger partial charge in [-0.25, -0.2) is 32.3 Å². The maximum absolute atomic E-state index is 13.4. The summed E-state index contributed by atoms with van der Waals surface area (Å²) in [6.07, 6.45) is 13.1. The molecule has 79 heavy (non-hydrogen) atoms. The number of nitrogens with zero attached hydrogens (tertiary/aromatic N) is 5. The first-order chi connectivity index (χ1) is 37.8. The number of halogens is 6. The van der Waals surface area contributed by atoms with E-state index in [0.717, 1.165) is 33.0 Å². The number of carbonyl (C=O) groups excluding carboxylic acids is 3. The topological polar surface area (TPSA) is 234 Å². The van der Waals surface area contributed by atoms with Crippen LogP contribution in [0.25, 0.3) is 56.6 Å². The second kappa shape index (κ2) is 25.5. The van der Waals surface area contributed by atoms with Crippen molar-refractivity contribution in [3.05, 3.63) is 166 Å². The van der Waals surface area contributed by atoms with E-state index in [1.807, 2.05) is 24.3 Å². The standard InChI is InChI=1S/C29H25ClF2N4O3.C24H18ClN3O4.C5H9F2N/c30-24-15-20(25-7-3-19(17-34-25)28(38)36-11-9-29(31,32)10-12-36)13-21-14-23(39-27(21)24)6-5-22(37)4-1-18-2-8-26(33)35-16-18;25-20-11-16(21-7-3-15(13-27-21)24(30)31)9-17-10-19(32-23(17)20)6-5-18(29)4-1-14-2-8-22(26)28-12-14;6-5(7)1-3-8-4-2-5/h1-4,7-8,13-17H,5-6,9-12H2,(H2,33,35);1-4,7-13H,5-6H2,(H2,26,28)(H,30,31);8H,1-4H2/b2*4-1+;. The number of aromatic nitrogens is 4. The Morgan fingerprint density at radius 3 is 1.46 bits per heavy atom. The van der Waals surface area contributed by atoms with Gasteiger partial charge in [0, 0.05) is 124 Å². The molecule has 2 fully saturated rings. The van der Waals surface area contributed by atoms with Crippen LogP contribution in [-0.2, 0) is 22.4 Å². The van der Waals surface area contributed by atoms with E-state index >= 15 is 0 Å². The minimum absolute atomic E-state index is 0.00694. The van der Waals surface area contributed by atoms with Gasteiger partial charge in [0.05, 0.1) is 32.6 Å². The summed E-state index contributed by atoms with van der Waals surface area (Å²) in [4.78, 5) is 66.2. The number of likely N-dealkylation sites (tertiary alicyclic amines) is 1. The van der Waals surface area contributed by atoms with Crippen LogP contribution in [0.4, 0.5) is 29.2 Å². The predicted octanol–water partition coefficient (Wildman–Crippen LogP) is 12.3. The predicted molar refractivity (Wildman–Crippen MR) is 295 cm³/mol. The van der Waals surface area contributed by atoms with E-state index in [0.29, 0.717) is 87.2 Å². The average molecular weight is 1120 g/mol. The number of nitrogen functional groups attached to an aromatic ring is 2. The van der Waals surface area contributed by atoms with Gasteiger partial charge in [0.15, 0.2) is 22.7 Å². The third-order valence-corrected chi connectivity index (χ3v) is 13.3. The smallest absolute Gasteiger partial charge is 0.337 e. The quantitative estimate of drug-likeness (QED) is 0.0586. The average Bonchev–Trinajstić information content (AvgIpc) is 4.28. The van der Waals surface area contributed by atoms with Gasteiger partial charge in [0.1, 0.15) is 23.2 Å². The minimum atomic E-state index is -2.72.